The highest BCUT2D eigenvalue weighted by Gasteiger charge is 2.23. The van der Waals surface area contributed by atoms with Gasteiger partial charge < -0.3 is 15.4 Å². The van der Waals surface area contributed by atoms with E-state index < -0.39 is 0 Å². The number of amides is 2. The predicted molar refractivity (Wildman–Crippen MR) is 113 cm³/mol. The van der Waals surface area contributed by atoms with Crippen LogP contribution in [-0.2, 0) is 16.0 Å². The van der Waals surface area contributed by atoms with Crippen molar-refractivity contribution in [2.24, 2.45) is 0 Å². The van der Waals surface area contributed by atoms with Gasteiger partial charge in [-0.3, -0.25) is 9.59 Å². The molecule has 0 aliphatic heterocycles. The Hall–Kier alpha value is -2.67. The molecule has 2 aromatic rings. The molecular weight excluding hydrogens is 439 g/mol. The van der Waals surface area contributed by atoms with Gasteiger partial charge in [-0.25, -0.2) is 4.39 Å². The first-order chi connectivity index (χ1) is 14.0. The summed E-state index contributed by atoms with van der Waals surface area (Å²) in [6.07, 6.45) is 5.50. The van der Waals surface area contributed by atoms with E-state index >= 15 is 0 Å². The van der Waals surface area contributed by atoms with Gasteiger partial charge in [0, 0.05) is 28.7 Å². The van der Waals surface area contributed by atoms with Crippen LogP contribution in [0, 0.1) is 5.82 Å². The van der Waals surface area contributed by atoms with E-state index in [1.807, 2.05) is 12.1 Å². The second-order valence-corrected chi connectivity index (χ2v) is 7.73. The van der Waals surface area contributed by atoms with E-state index in [0.29, 0.717) is 30.3 Å². The third kappa shape index (κ3) is 7.34. The summed E-state index contributed by atoms with van der Waals surface area (Å²) in [5.74, 6) is -0.145. The minimum Gasteiger partial charge on any atom is -0.484 e. The van der Waals surface area contributed by atoms with Crippen LogP contribution in [0.2, 0.25) is 0 Å². The van der Waals surface area contributed by atoms with Crippen molar-refractivity contribution in [3.63, 3.8) is 0 Å². The Bertz CT molecular complexity index is 895. The normalized spacial score (nSPS) is 13.3. The molecule has 0 aromatic heterocycles. The average Bonchev–Trinajstić information content (AvgIpc) is 3.52. The summed E-state index contributed by atoms with van der Waals surface area (Å²) in [6, 6.07) is 12.3. The highest BCUT2D eigenvalue weighted by Crippen LogP contribution is 2.19. The first-order valence-electron chi connectivity index (χ1n) is 9.41. The van der Waals surface area contributed by atoms with Gasteiger partial charge in [0.2, 0.25) is 5.91 Å². The lowest BCUT2D eigenvalue weighted by atomic mass is 10.1. The van der Waals surface area contributed by atoms with Crippen LogP contribution in [0.15, 0.2) is 53.0 Å². The van der Waals surface area contributed by atoms with E-state index in [-0.39, 0.29) is 24.2 Å². The van der Waals surface area contributed by atoms with Crippen LogP contribution in [0.1, 0.15) is 24.0 Å². The lowest BCUT2D eigenvalue weighted by Gasteiger charge is -2.08. The second-order valence-electron chi connectivity index (χ2n) is 6.81. The molecule has 2 amide bonds. The van der Waals surface area contributed by atoms with Crippen LogP contribution in [0.5, 0.6) is 5.75 Å². The molecule has 5 nitrogen and oxygen atoms in total. The van der Waals surface area contributed by atoms with Crippen molar-refractivity contribution in [2.45, 2.75) is 25.3 Å². The maximum absolute atomic E-state index is 13.6. The van der Waals surface area contributed by atoms with E-state index in [1.165, 1.54) is 18.2 Å². The highest BCUT2D eigenvalue weighted by molar-refractivity contribution is 9.10. The number of rotatable bonds is 9. The summed E-state index contributed by atoms with van der Waals surface area (Å²) >= 11 is 3.27. The van der Waals surface area contributed by atoms with Gasteiger partial charge in [0.25, 0.3) is 5.91 Å². The average molecular weight is 461 g/mol. The number of benzene rings is 2. The molecule has 7 heteroatoms. The summed E-state index contributed by atoms with van der Waals surface area (Å²) in [4.78, 5) is 23.5. The van der Waals surface area contributed by atoms with E-state index in [1.54, 1.807) is 24.3 Å². The zero-order chi connectivity index (χ0) is 20.6. The van der Waals surface area contributed by atoms with Gasteiger partial charge in [0.15, 0.2) is 6.61 Å². The zero-order valence-corrected chi connectivity index (χ0v) is 17.4. The number of carbonyl (C=O) groups excluding carboxylic acids is 2. The van der Waals surface area contributed by atoms with Crippen molar-refractivity contribution in [1.29, 1.82) is 0 Å². The molecule has 1 aliphatic rings. The fourth-order valence-electron chi connectivity index (χ4n) is 2.59. The predicted octanol–water partition coefficient (Wildman–Crippen LogP) is 3.62. The Labute approximate surface area is 177 Å². The second kappa shape index (κ2) is 10.2. The van der Waals surface area contributed by atoms with Crippen molar-refractivity contribution in [1.82, 2.24) is 10.6 Å². The van der Waals surface area contributed by atoms with Crippen molar-refractivity contribution < 1.29 is 18.7 Å². The zero-order valence-electron chi connectivity index (χ0n) is 15.8. The van der Waals surface area contributed by atoms with Gasteiger partial charge in [0.05, 0.1) is 0 Å². The Morgan fingerprint density at radius 3 is 2.66 bits per heavy atom. The minimum atomic E-state index is -0.385. The molecule has 3 rings (SSSR count). The van der Waals surface area contributed by atoms with E-state index in [4.69, 9.17) is 4.74 Å². The molecule has 0 heterocycles. The van der Waals surface area contributed by atoms with Gasteiger partial charge in [0.1, 0.15) is 11.6 Å². The number of ether oxygens (including phenoxy) is 1. The van der Waals surface area contributed by atoms with Crippen LogP contribution < -0.4 is 15.4 Å². The first-order valence-corrected chi connectivity index (χ1v) is 10.2. The number of halogens is 2. The molecule has 29 heavy (non-hydrogen) atoms. The topological polar surface area (TPSA) is 67.4 Å². The van der Waals surface area contributed by atoms with Crippen molar-refractivity contribution in [3.05, 3.63) is 70.0 Å². The molecule has 2 N–H and O–H groups in total. The lowest BCUT2D eigenvalue weighted by molar-refractivity contribution is -0.123. The molecular formula is C22H22BrFN2O3. The molecule has 0 saturated heterocycles. The Morgan fingerprint density at radius 1 is 1.17 bits per heavy atom. The van der Waals surface area contributed by atoms with Crippen LogP contribution in [0.3, 0.4) is 0 Å². The number of hydrogen-bond acceptors (Lipinski definition) is 3. The van der Waals surface area contributed by atoms with Crippen LogP contribution in [0.4, 0.5) is 4.39 Å². The molecule has 1 fully saturated rings. The summed E-state index contributed by atoms with van der Waals surface area (Å²) in [6.45, 7) is 0.463. The quantitative estimate of drug-likeness (QED) is 0.561. The molecule has 1 aliphatic carbocycles. The summed E-state index contributed by atoms with van der Waals surface area (Å²) < 4.78 is 19.9. The smallest absolute Gasteiger partial charge is 0.258 e. The van der Waals surface area contributed by atoms with E-state index in [0.717, 1.165) is 22.9 Å². The van der Waals surface area contributed by atoms with Crippen LogP contribution in [0.25, 0.3) is 6.08 Å². The third-order valence-electron chi connectivity index (χ3n) is 4.32. The summed E-state index contributed by atoms with van der Waals surface area (Å²) in [5.41, 5.74) is 1.37. The SMILES string of the molecule is O=C(/C=C/c1cc(Br)ccc1F)NCCc1ccc(OCC(=O)NC2CC2)cc1. The fraction of sp³-hybridized carbons (Fsp3) is 0.273. The molecule has 152 valence electrons. The summed E-state index contributed by atoms with van der Waals surface area (Å²) in [7, 11) is 0. The van der Waals surface area contributed by atoms with Crippen molar-refractivity contribution in [2.75, 3.05) is 13.2 Å². The standard InChI is InChI=1S/C22H22BrFN2O3/c23-17-4-9-20(24)16(13-17)3-10-21(27)25-12-11-15-1-7-19(8-2-15)29-14-22(28)26-18-5-6-18/h1-4,7-10,13,18H,5-6,11-12,14H2,(H,25,27)(H,26,28)/b10-3+. The first kappa shape index (κ1) is 21.0. The fourth-order valence-corrected chi connectivity index (χ4v) is 2.97. The molecule has 2 aromatic carbocycles. The Balaban J connectivity index is 1.38. The van der Waals surface area contributed by atoms with E-state index in [9.17, 15) is 14.0 Å². The maximum Gasteiger partial charge on any atom is 0.258 e. The number of carbonyl (C=O) groups is 2. The molecule has 0 radical (unpaired) electrons. The monoisotopic (exact) mass is 460 g/mol. The summed E-state index contributed by atoms with van der Waals surface area (Å²) in [5, 5.41) is 5.64. The van der Waals surface area contributed by atoms with Gasteiger partial charge >= 0.3 is 0 Å². The molecule has 0 spiro atoms. The lowest BCUT2D eigenvalue weighted by Crippen LogP contribution is -2.30. The molecule has 0 unspecified atom stereocenters. The number of nitrogens with one attached hydrogen (secondary N) is 2. The molecule has 0 atom stereocenters. The van der Waals surface area contributed by atoms with Gasteiger partial charge in [-0.15, -0.1) is 0 Å². The van der Waals surface area contributed by atoms with E-state index in [2.05, 4.69) is 26.6 Å². The van der Waals surface area contributed by atoms with Crippen molar-refractivity contribution in [3.8, 4) is 5.75 Å². The largest absolute Gasteiger partial charge is 0.484 e. The van der Waals surface area contributed by atoms with Crippen LogP contribution >= 0.6 is 15.9 Å². The van der Waals surface area contributed by atoms with Crippen LogP contribution in [-0.4, -0.2) is 31.0 Å². The molecule has 0 bridgehead atoms. The van der Waals surface area contributed by atoms with Crippen molar-refractivity contribution >= 4 is 33.8 Å². The minimum absolute atomic E-state index is 0.0107. The van der Waals surface area contributed by atoms with Gasteiger partial charge in [-0.2, -0.15) is 0 Å². The Morgan fingerprint density at radius 2 is 1.93 bits per heavy atom. The maximum atomic E-state index is 13.6. The third-order valence-corrected chi connectivity index (χ3v) is 4.81. The molecule has 1 saturated carbocycles. The Kier molecular flexibility index (Phi) is 7.41. The number of hydrogen-bond donors (Lipinski definition) is 2. The van der Waals surface area contributed by atoms with Gasteiger partial charge in [-0.1, -0.05) is 28.1 Å². The highest BCUT2D eigenvalue weighted by atomic mass is 79.9. The van der Waals surface area contributed by atoms with Gasteiger partial charge in [-0.05, 0) is 61.2 Å².